The number of hydrogen-bond acceptors (Lipinski definition) is 3. The van der Waals surface area contributed by atoms with Gasteiger partial charge in [0.25, 0.3) is 0 Å². The zero-order valence-corrected chi connectivity index (χ0v) is 6.85. The zero-order chi connectivity index (χ0) is 9.03. The van der Waals surface area contributed by atoms with Crippen molar-refractivity contribution < 1.29 is 10.9 Å². The molecule has 1 saturated heterocycles. The number of carbonyl (C=O) groups excluding carboxylic acids is 1. The molecule has 0 spiro atoms. The average Bonchev–Trinajstić information content (AvgIpc) is 2.06. The summed E-state index contributed by atoms with van der Waals surface area (Å²) >= 11 is 0. The van der Waals surface area contributed by atoms with Crippen molar-refractivity contribution >= 4 is 5.97 Å². The number of rotatable bonds is 2. The van der Waals surface area contributed by atoms with Crippen LogP contribution in [0.5, 0.6) is 0 Å². The van der Waals surface area contributed by atoms with Crippen molar-refractivity contribution in [3.05, 3.63) is 0 Å². The second-order valence-electron chi connectivity index (χ2n) is 2.57. The molecule has 3 nitrogen and oxygen atoms in total. The summed E-state index contributed by atoms with van der Waals surface area (Å²) in [7, 11) is 0. The molecule has 11 heavy (non-hydrogen) atoms. The molecule has 0 saturated carbocycles. The summed E-state index contributed by atoms with van der Waals surface area (Å²) in [5, 5.41) is 3.11. The highest BCUT2D eigenvalue weighted by Gasteiger charge is 2.21. The highest BCUT2D eigenvalue weighted by Crippen LogP contribution is 2.12. The van der Waals surface area contributed by atoms with E-state index in [1.165, 1.54) is 0 Å². The summed E-state index contributed by atoms with van der Waals surface area (Å²) in [5.74, 6) is -1.35. The Labute approximate surface area is 68.5 Å². The summed E-state index contributed by atoms with van der Waals surface area (Å²) in [6.07, 6.45) is 1.12. The summed E-state index contributed by atoms with van der Waals surface area (Å²) < 4.78 is 12.6. The number of hydrogen-bond donors (Lipinski definition) is 1. The van der Waals surface area contributed by atoms with Crippen LogP contribution in [0, 0.1) is 5.89 Å². The first-order valence-corrected chi connectivity index (χ1v) is 4.07. The summed E-state index contributed by atoms with van der Waals surface area (Å²) in [5.41, 5.74) is 0. The average molecular weight is 158 g/mol. The van der Waals surface area contributed by atoms with Crippen LogP contribution >= 0.6 is 0 Å². The first kappa shape index (κ1) is 7.10. The molecule has 0 radical (unpaired) electrons. The second kappa shape index (κ2) is 4.34. The molecule has 1 rings (SSSR count). The lowest BCUT2D eigenvalue weighted by Crippen LogP contribution is -2.32. The SMILES string of the molecule is [2H]C1(C(=O)OCC)CCNCC1. The highest BCUT2D eigenvalue weighted by molar-refractivity contribution is 5.72. The van der Waals surface area contributed by atoms with E-state index in [4.69, 9.17) is 6.11 Å². The van der Waals surface area contributed by atoms with Crippen LogP contribution < -0.4 is 5.32 Å². The fourth-order valence-electron chi connectivity index (χ4n) is 1.17. The molecule has 1 heterocycles. The summed E-state index contributed by atoms with van der Waals surface area (Å²) in [4.78, 5) is 11.3. The molecule has 1 aliphatic rings. The van der Waals surface area contributed by atoms with Crippen LogP contribution in [0.15, 0.2) is 0 Å². The lowest BCUT2D eigenvalue weighted by atomic mass is 9.99. The van der Waals surface area contributed by atoms with E-state index in [2.05, 4.69) is 5.32 Å². The molecule has 0 aromatic heterocycles. The number of carbonyl (C=O) groups is 1. The van der Waals surface area contributed by atoms with Gasteiger partial charge in [0.05, 0.1) is 12.5 Å². The summed E-state index contributed by atoms with van der Waals surface area (Å²) in [6, 6.07) is 0. The van der Waals surface area contributed by atoms with Gasteiger partial charge in [0.1, 0.15) is 0 Å². The Morgan fingerprint density at radius 2 is 2.36 bits per heavy atom. The monoisotopic (exact) mass is 158 g/mol. The molecular weight excluding hydrogens is 142 g/mol. The van der Waals surface area contributed by atoms with Gasteiger partial charge in [-0.3, -0.25) is 4.79 Å². The van der Waals surface area contributed by atoms with Gasteiger partial charge >= 0.3 is 5.97 Å². The molecule has 0 aromatic carbocycles. The molecule has 0 bridgehead atoms. The number of nitrogens with one attached hydrogen (secondary N) is 1. The molecule has 1 N–H and O–H groups in total. The highest BCUT2D eigenvalue weighted by atomic mass is 16.5. The first-order chi connectivity index (χ1) is 5.69. The molecule has 0 amide bonds. The fourth-order valence-corrected chi connectivity index (χ4v) is 1.17. The van der Waals surface area contributed by atoms with E-state index < -0.39 is 5.89 Å². The molecule has 3 heteroatoms. The van der Waals surface area contributed by atoms with E-state index in [1.807, 2.05) is 0 Å². The van der Waals surface area contributed by atoms with Crippen LogP contribution in [0.4, 0.5) is 0 Å². The Bertz CT molecular complexity index is 166. The smallest absolute Gasteiger partial charge is 0.309 e. The lowest BCUT2D eigenvalue weighted by molar-refractivity contribution is -0.148. The number of esters is 1. The Hall–Kier alpha value is -0.570. The Balaban J connectivity index is 2.50. The lowest BCUT2D eigenvalue weighted by Gasteiger charge is -2.20. The molecule has 1 fully saturated rings. The maximum Gasteiger partial charge on any atom is 0.309 e. The van der Waals surface area contributed by atoms with Gasteiger partial charge in [0.2, 0.25) is 0 Å². The van der Waals surface area contributed by atoms with E-state index in [1.54, 1.807) is 6.92 Å². The molecule has 0 aliphatic carbocycles. The van der Waals surface area contributed by atoms with Crippen molar-refractivity contribution in [3.8, 4) is 0 Å². The van der Waals surface area contributed by atoms with E-state index >= 15 is 0 Å². The third-order valence-electron chi connectivity index (χ3n) is 1.77. The summed E-state index contributed by atoms with van der Waals surface area (Å²) in [6.45, 7) is 3.61. The predicted octanol–water partition coefficient (Wildman–Crippen LogP) is 0.549. The van der Waals surface area contributed by atoms with Crippen molar-refractivity contribution in [1.29, 1.82) is 0 Å². The van der Waals surface area contributed by atoms with Gasteiger partial charge in [-0.25, -0.2) is 0 Å². The first-order valence-electron chi connectivity index (χ1n) is 4.57. The molecule has 0 unspecified atom stereocenters. The van der Waals surface area contributed by atoms with Gasteiger partial charge < -0.3 is 10.1 Å². The van der Waals surface area contributed by atoms with Gasteiger partial charge in [-0.15, -0.1) is 0 Å². The van der Waals surface area contributed by atoms with Gasteiger partial charge in [-0.1, -0.05) is 0 Å². The minimum atomic E-state index is -0.985. The quantitative estimate of drug-likeness (QED) is 0.596. The van der Waals surface area contributed by atoms with E-state index in [0.29, 0.717) is 19.4 Å². The maximum absolute atomic E-state index is 11.3. The van der Waals surface area contributed by atoms with E-state index in [0.717, 1.165) is 13.1 Å². The fraction of sp³-hybridized carbons (Fsp3) is 0.875. The van der Waals surface area contributed by atoms with E-state index in [-0.39, 0.29) is 5.97 Å². The minimum absolute atomic E-state index is 0.368. The molecule has 1 aliphatic heterocycles. The van der Waals surface area contributed by atoms with Gasteiger partial charge in [-0.2, -0.15) is 0 Å². The van der Waals surface area contributed by atoms with Gasteiger partial charge in [0.15, 0.2) is 0 Å². The molecular formula is C8H15NO2. The van der Waals surface area contributed by atoms with E-state index in [9.17, 15) is 4.79 Å². The van der Waals surface area contributed by atoms with Crippen molar-refractivity contribution in [2.24, 2.45) is 5.89 Å². The largest absolute Gasteiger partial charge is 0.466 e. The third-order valence-corrected chi connectivity index (χ3v) is 1.77. The Kier molecular flexibility index (Phi) is 2.80. The Morgan fingerprint density at radius 1 is 1.73 bits per heavy atom. The van der Waals surface area contributed by atoms with Gasteiger partial charge in [-0.05, 0) is 32.9 Å². The van der Waals surface area contributed by atoms with Crippen LogP contribution in [-0.2, 0) is 9.53 Å². The van der Waals surface area contributed by atoms with Crippen molar-refractivity contribution in [2.45, 2.75) is 19.8 Å². The van der Waals surface area contributed by atoms with Crippen LogP contribution in [0.1, 0.15) is 21.1 Å². The van der Waals surface area contributed by atoms with Crippen LogP contribution in [0.25, 0.3) is 0 Å². The molecule has 0 aromatic rings. The minimum Gasteiger partial charge on any atom is -0.466 e. The topological polar surface area (TPSA) is 38.3 Å². The Morgan fingerprint density at radius 3 is 2.91 bits per heavy atom. The standard InChI is InChI=1S/C8H15NO2/c1-2-11-8(10)7-3-5-9-6-4-7/h7,9H,2-6H2,1H3/i7D. The molecule has 0 atom stereocenters. The van der Waals surface area contributed by atoms with Crippen LogP contribution in [0.2, 0.25) is 0 Å². The third kappa shape index (κ3) is 2.50. The van der Waals surface area contributed by atoms with Crippen LogP contribution in [-0.4, -0.2) is 25.7 Å². The maximum atomic E-state index is 11.3. The van der Waals surface area contributed by atoms with Gasteiger partial charge in [0, 0.05) is 1.37 Å². The normalized spacial score (nSPS) is 23.9. The van der Waals surface area contributed by atoms with Crippen LogP contribution in [0.3, 0.4) is 0 Å². The molecule has 64 valence electrons. The van der Waals surface area contributed by atoms with Crippen molar-refractivity contribution in [2.75, 3.05) is 19.7 Å². The zero-order valence-electron chi connectivity index (χ0n) is 7.85. The number of piperidine rings is 1. The predicted molar refractivity (Wildman–Crippen MR) is 42.2 cm³/mol. The van der Waals surface area contributed by atoms with Crippen molar-refractivity contribution in [3.63, 3.8) is 0 Å². The second-order valence-corrected chi connectivity index (χ2v) is 2.57. The number of ether oxygens (including phenoxy) is 1. The van der Waals surface area contributed by atoms with Crippen molar-refractivity contribution in [1.82, 2.24) is 5.32 Å².